The van der Waals surface area contributed by atoms with Crippen LogP contribution in [0.15, 0.2) is 36.7 Å². The van der Waals surface area contributed by atoms with E-state index in [1.54, 1.807) is 35.5 Å². The number of nitrogens with zero attached hydrogens (tertiary/aromatic N) is 4. The lowest BCUT2D eigenvalue weighted by molar-refractivity contribution is 0.191. The van der Waals surface area contributed by atoms with Crippen LogP contribution in [0.4, 0.5) is 10.7 Å². The summed E-state index contributed by atoms with van der Waals surface area (Å²) >= 11 is 12.0. The highest BCUT2D eigenvalue weighted by Crippen LogP contribution is 2.25. The summed E-state index contributed by atoms with van der Waals surface area (Å²) in [5, 5.41) is 3.99. The van der Waals surface area contributed by atoms with Crippen molar-refractivity contribution in [2.45, 2.75) is 13.0 Å². The van der Waals surface area contributed by atoms with Gasteiger partial charge in [-0.05, 0) is 30.7 Å². The molecule has 0 aliphatic carbocycles. The second-order valence-electron chi connectivity index (χ2n) is 5.87. The Balaban J connectivity index is 1.55. The van der Waals surface area contributed by atoms with Crippen molar-refractivity contribution in [2.24, 2.45) is 0 Å². The van der Waals surface area contributed by atoms with Gasteiger partial charge in [0.1, 0.15) is 0 Å². The lowest BCUT2D eigenvalue weighted by Gasteiger charge is -2.35. The van der Waals surface area contributed by atoms with Gasteiger partial charge in [-0.15, -0.1) is 0 Å². The van der Waals surface area contributed by atoms with Crippen LogP contribution >= 0.6 is 23.2 Å². The fourth-order valence-electron chi connectivity index (χ4n) is 2.71. The van der Waals surface area contributed by atoms with Crippen LogP contribution in [0.25, 0.3) is 0 Å². The van der Waals surface area contributed by atoms with Crippen LogP contribution in [0.5, 0.6) is 0 Å². The van der Waals surface area contributed by atoms with Crippen LogP contribution in [0.2, 0.25) is 10.0 Å². The minimum Gasteiger partial charge on any atom is -0.337 e. The lowest BCUT2D eigenvalue weighted by atomic mass is 10.1. The van der Waals surface area contributed by atoms with Gasteiger partial charge in [-0.3, -0.25) is 0 Å². The zero-order valence-electron chi connectivity index (χ0n) is 13.8. The average Bonchev–Trinajstić information content (AvgIpc) is 2.64. The predicted octanol–water partition coefficient (Wildman–Crippen LogP) is 3.38. The van der Waals surface area contributed by atoms with Gasteiger partial charge in [0.05, 0.1) is 16.1 Å². The first-order chi connectivity index (χ1) is 12.0. The standard InChI is InChI=1S/C17H19Cl2N5O/c1-12(13-3-4-14(18)15(19)11-13)22-17(25)24-9-7-23(8-10-24)16-20-5-2-6-21-16/h2-6,11-12H,7-10H2,1H3,(H,22,25). The van der Waals surface area contributed by atoms with E-state index in [1.807, 2.05) is 13.0 Å². The van der Waals surface area contributed by atoms with Crippen LogP contribution in [-0.4, -0.2) is 47.1 Å². The highest BCUT2D eigenvalue weighted by atomic mass is 35.5. The summed E-state index contributed by atoms with van der Waals surface area (Å²) < 4.78 is 0. The summed E-state index contributed by atoms with van der Waals surface area (Å²) in [6.07, 6.45) is 3.45. The van der Waals surface area contributed by atoms with Crippen molar-refractivity contribution in [3.8, 4) is 0 Å². The van der Waals surface area contributed by atoms with E-state index in [0.29, 0.717) is 42.2 Å². The lowest BCUT2D eigenvalue weighted by Crippen LogP contribution is -2.52. The van der Waals surface area contributed by atoms with Crippen molar-refractivity contribution in [1.29, 1.82) is 0 Å². The monoisotopic (exact) mass is 379 g/mol. The average molecular weight is 380 g/mol. The summed E-state index contributed by atoms with van der Waals surface area (Å²) in [7, 11) is 0. The quantitative estimate of drug-likeness (QED) is 0.887. The minimum absolute atomic E-state index is 0.0906. The van der Waals surface area contributed by atoms with Gasteiger partial charge >= 0.3 is 6.03 Å². The Labute approximate surface area is 156 Å². The summed E-state index contributed by atoms with van der Waals surface area (Å²) in [6, 6.07) is 6.92. The first kappa shape index (κ1) is 17.8. The molecular weight excluding hydrogens is 361 g/mol. The van der Waals surface area contributed by atoms with Gasteiger partial charge in [0.15, 0.2) is 0 Å². The molecule has 0 radical (unpaired) electrons. The van der Waals surface area contributed by atoms with Gasteiger partial charge in [0.2, 0.25) is 5.95 Å². The Hall–Kier alpha value is -2.05. The number of piperazine rings is 1. The fourth-order valence-corrected chi connectivity index (χ4v) is 3.01. The topological polar surface area (TPSA) is 61.4 Å². The summed E-state index contributed by atoms with van der Waals surface area (Å²) in [4.78, 5) is 24.9. The Morgan fingerprint density at radius 1 is 1.12 bits per heavy atom. The van der Waals surface area contributed by atoms with Crippen molar-refractivity contribution < 1.29 is 4.79 Å². The third-order valence-corrected chi connectivity index (χ3v) is 4.92. The van der Waals surface area contributed by atoms with Gasteiger partial charge < -0.3 is 15.1 Å². The molecule has 1 N–H and O–H groups in total. The van der Waals surface area contributed by atoms with E-state index >= 15 is 0 Å². The number of amides is 2. The van der Waals surface area contributed by atoms with Gasteiger partial charge in [-0.2, -0.15) is 0 Å². The molecule has 2 aromatic rings. The first-order valence-corrected chi connectivity index (χ1v) is 8.82. The number of carbonyl (C=O) groups excluding carboxylic acids is 1. The van der Waals surface area contributed by atoms with Gasteiger partial charge in [-0.1, -0.05) is 29.3 Å². The molecule has 2 heterocycles. The van der Waals surface area contributed by atoms with E-state index in [9.17, 15) is 4.79 Å². The van der Waals surface area contributed by atoms with E-state index in [4.69, 9.17) is 23.2 Å². The number of hydrogen-bond donors (Lipinski definition) is 1. The molecule has 1 aromatic heterocycles. The molecule has 2 amide bonds. The maximum Gasteiger partial charge on any atom is 0.317 e. The van der Waals surface area contributed by atoms with Crippen molar-refractivity contribution in [1.82, 2.24) is 20.2 Å². The second kappa shape index (κ2) is 7.89. The molecular formula is C17H19Cl2N5O. The summed E-state index contributed by atoms with van der Waals surface area (Å²) in [5.41, 5.74) is 0.916. The third kappa shape index (κ3) is 4.32. The van der Waals surface area contributed by atoms with Gasteiger partial charge in [0.25, 0.3) is 0 Å². The molecule has 1 unspecified atom stereocenters. The maximum absolute atomic E-state index is 12.5. The van der Waals surface area contributed by atoms with Crippen LogP contribution in [0.1, 0.15) is 18.5 Å². The smallest absolute Gasteiger partial charge is 0.317 e. The largest absolute Gasteiger partial charge is 0.337 e. The molecule has 1 aromatic carbocycles. The molecule has 1 aliphatic heterocycles. The molecule has 1 atom stereocenters. The SMILES string of the molecule is CC(NC(=O)N1CCN(c2ncccn2)CC1)c1ccc(Cl)c(Cl)c1. The minimum atomic E-state index is -0.155. The van der Waals surface area contributed by atoms with E-state index < -0.39 is 0 Å². The van der Waals surface area contributed by atoms with Crippen LogP contribution in [-0.2, 0) is 0 Å². The van der Waals surface area contributed by atoms with Crippen molar-refractivity contribution >= 4 is 35.2 Å². The normalized spacial score (nSPS) is 15.8. The number of rotatable bonds is 3. The second-order valence-corrected chi connectivity index (χ2v) is 6.68. The number of hydrogen-bond acceptors (Lipinski definition) is 4. The molecule has 0 bridgehead atoms. The van der Waals surface area contributed by atoms with Crippen LogP contribution in [0, 0.1) is 0 Å². The first-order valence-electron chi connectivity index (χ1n) is 8.07. The molecule has 0 saturated carbocycles. The zero-order valence-corrected chi connectivity index (χ0v) is 15.3. The van der Waals surface area contributed by atoms with Gasteiger partial charge in [-0.25, -0.2) is 14.8 Å². The van der Waals surface area contributed by atoms with E-state index in [1.165, 1.54) is 0 Å². The van der Waals surface area contributed by atoms with Crippen LogP contribution < -0.4 is 10.2 Å². The number of nitrogens with one attached hydrogen (secondary N) is 1. The fraction of sp³-hybridized carbons (Fsp3) is 0.353. The zero-order chi connectivity index (χ0) is 17.8. The number of halogens is 2. The molecule has 132 valence electrons. The summed E-state index contributed by atoms with van der Waals surface area (Å²) in [5.74, 6) is 0.701. The molecule has 1 fully saturated rings. The summed E-state index contributed by atoms with van der Waals surface area (Å²) in [6.45, 7) is 4.58. The highest BCUT2D eigenvalue weighted by molar-refractivity contribution is 6.42. The number of aromatic nitrogens is 2. The molecule has 0 spiro atoms. The van der Waals surface area contributed by atoms with E-state index in [0.717, 1.165) is 5.56 Å². The van der Waals surface area contributed by atoms with E-state index in [2.05, 4.69) is 20.2 Å². The van der Waals surface area contributed by atoms with E-state index in [-0.39, 0.29) is 12.1 Å². The Bertz CT molecular complexity index is 735. The molecule has 6 nitrogen and oxygen atoms in total. The third-order valence-electron chi connectivity index (χ3n) is 4.19. The Kier molecular flexibility index (Phi) is 5.60. The number of carbonyl (C=O) groups is 1. The Morgan fingerprint density at radius 3 is 2.44 bits per heavy atom. The van der Waals surface area contributed by atoms with Crippen molar-refractivity contribution in [3.63, 3.8) is 0 Å². The number of anilines is 1. The predicted molar refractivity (Wildman–Crippen MR) is 99.2 cm³/mol. The highest BCUT2D eigenvalue weighted by Gasteiger charge is 2.23. The molecule has 8 heteroatoms. The number of urea groups is 1. The van der Waals surface area contributed by atoms with Crippen LogP contribution in [0.3, 0.4) is 0 Å². The maximum atomic E-state index is 12.5. The van der Waals surface area contributed by atoms with Crippen molar-refractivity contribution in [3.05, 3.63) is 52.3 Å². The molecule has 25 heavy (non-hydrogen) atoms. The molecule has 3 rings (SSSR count). The van der Waals surface area contributed by atoms with Crippen molar-refractivity contribution in [2.75, 3.05) is 31.1 Å². The Morgan fingerprint density at radius 2 is 1.80 bits per heavy atom. The number of benzene rings is 1. The molecule has 1 aliphatic rings. The molecule has 1 saturated heterocycles. The van der Waals surface area contributed by atoms with Gasteiger partial charge in [0, 0.05) is 38.6 Å².